The van der Waals surface area contributed by atoms with E-state index in [-0.39, 0.29) is 5.57 Å². The van der Waals surface area contributed by atoms with E-state index in [1.54, 1.807) is 0 Å². The molecule has 0 bridgehead atoms. The summed E-state index contributed by atoms with van der Waals surface area (Å²) in [5.74, 6) is -2.63. The second kappa shape index (κ2) is 3.91. The largest absolute Gasteiger partial charge is 0.481 e. The van der Waals surface area contributed by atoms with Crippen LogP contribution in [0.1, 0.15) is 6.42 Å². The summed E-state index contributed by atoms with van der Waals surface area (Å²) < 4.78 is 8.96. The van der Waals surface area contributed by atoms with E-state index >= 15 is 0 Å². The molecule has 0 spiro atoms. The Kier molecular flexibility index (Phi) is 2.85. The quantitative estimate of drug-likeness (QED) is 0.617. The molecule has 1 unspecified atom stereocenters. The van der Waals surface area contributed by atoms with Crippen LogP contribution in [0.25, 0.3) is 0 Å². The van der Waals surface area contributed by atoms with E-state index in [4.69, 9.17) is 5.11 Å². The Bertz CT molecular complexity index is 316. The zero-order valence-corrected chi connectivity index (χ0v) is 7.35. The van der Waals surface area contributed by atoms with E-state index in [0.717, 1.165) is 13.2 Å². The number of methoxy groups -OCH3 is 1. The molecule has 6 heteroatoms. The van der Waals surface area contributed by atoms with Gasteiger partial charge in [0, 0.05) is 6.08 Å². The summed E-state index contributed by atoms with van der Waals surface area (Å²) in [4.78, 5) is 32.2. The van der Waals surface area contributed by atoms with Crippen molar-refractivity contribution in [2.75, 3.05) is 7.11 Å². The summed E-state index contributed by atoms with van der Waals surface area (Å²) in [6.07, 6.45) is -0.529. The lowest BCUT2D eigenvalue weighted by Gasteiger charge is -2.09. The lowest BCUT2D eigenvalue weighted by Crippen LogP contribution is -2.21. The van der Waals surface area contributed by atoms with Gasteiger partial charge in [-0.2, -0.15) is 0 Å². The average Bonchev–Trinajstić information content (AvgIpc) is 2.44. The van der Waals surface area contributed by atoms with Crippen LogP contribution >= 0.6 is 0 Å². The van der Waals surface area contributed by atoms with Crippen molar-refractivity contribution in [1.29, 1.82) is 0 Å². The third kappa shape index (κ3) is 2.09. The van der Waals surface area contributed by atoms with Crippen LogP contribution in [0.5, 0.6) is 0 Å². The van der Waals surface area contributed by atoms with Gasteiger partial charge in [-0.25, -0.2) is 9.59 Å². The normalized spacial score (nSPS) is 19.9. The van der Waals surface area contributed by atoms with Crippen LogP contribution in [-0.2, 0) is 23.9 Å². The molecule has 14 heavy (non-hydrogen) atoms. The molecule has 6 nitrogen and oxygen atoms in total. The zero-order chi connectivity index (χ0) is 10.7. The van der Waals surface area contributed by atoms with Gasteiger partial charge in [0.25, 0.3) is 0 Å². The first-order valence-corrected chi connectivity index (χ1v) is 3.77. The molecule has 1 aliphatic heterocycles. The molecule has 1 aliphatic rings. The Balaban J connectivity index is 2.78. The number of carbonyl (C=O) groups is 3. The Morgan fingerprint density at radius 1 is 1.64 bits per heavy atom. The van der Waals surface area contributed by atoms with Gasteiger partial charge < -0.3 is 14.6 Å². The Hall–Kier alpha value is -1.85. The molecule has 0 fully saturated rings. The Morgan fingerprint density at radius 2 is 2.29 bits per heavy atom. The number of hydrogen-bond donors (Lipinski definition) is 1. The van der Waals surface area contributed by atoms with Crippen molar-refractivity contribution in [1.82, 2.24) is 0 Å². The molecule has 76 valence electrons. The van der Waals surface area contributed by atoms with E-state index < -0.39 is 30.4 Å². The Labute approximate surface area is 79.1 Å². The number of hydrogen-bond acceptors (Lipinski definition) is 5. The summed E-state index contributed by atoms with van der Waals surface area (Å²) in [5, 5.41) is 8.46. The molecule has 1 heterocycles. The fourth-order valence-corrected chi connectivity index (χ4v) is 1.08. The second-order valence-corrected chi connectivity index (χ2v) is 2.61. The number of rotatable bonds is 3. The lowest BCUT2D eigenvalue weighted by molar-refractivity contribution is -0.145. The fraction of sp³-hybridized carbons (Fsp3) is 0.375. The van der Waals surface area contributed by atoms with Crippen molar-refractivity contribution in [3.8, 4) is 0 Å². The highest BCUT2D eigenvalue weighted by molar-refractivity contribution is 6.00. The number of aliphatic carboxylic acids is 1. The molecule has 0 aromatic carbocycles. The smallest absolute Gasteiger partial charge is 0.337 e. The SMILES string of the molecule is COC(=O)C1=CC(=O)OC1CC(=O)O. The monoisotopic (exact) mass is 200 g/mol. The minimum atomic E-state index is -1.15. The first kappa shape index (κ1) is 10.2. The van der Waals surface area contributed by atoms with E-state index in [2.05, 4.69) is 9.47 Å². The van der Waals surface area contributed by atoms with Crippen molar-refractivity contribution in [2.45, 2.75) is 12.5 Å². The van der Waals surface area contributed by atoms with Crippen LogP contribution in [0.15, 0.2) is 11.6 Å². The van der Waals surface area contributed by atoms with Gasteiger partial charge in [-0.3, -0.25) is 4.79 Å². The van der Waals surface area contributed by atoms with Crippen LogP contribution in [0.3, 0.4) is 0 Å². The van der Waals surface area contributed by atoms with E-state index in [1.807, 2.05) is 0 Å². The predicted octanol–water partition coefficient (Wildman–Crippen LogP) is -0.514. The van der Waals surface area contributed by atoms with Gasteiger partial charge in [0.15, 0.2) is 0 Å². The molecule has 1 N–H and O–H groups in total. The van der Waals surface area contributed by atoms with Gasteiger partial charge in [-0.05, 0) is 0 Å². The van der Waals surface area contributed by atoms with Crippen LogP contribution in [0.2, 0.25) is 0 Å². The number of carbonyl (C=O) groups excluding carboxylic acids is 2. The molecule has 0 amide bonds. The predicted molar refractivity (Wildman–Crippen MR) is 42.2 cm³/mol. The number of cyclic esters (lactones) is 1. The van der Waals surface area contributed by atoms with Gasteiger partial charge in [0.05, 0.1) is 19.1 Å². The molecule has 0 saturated carbocycles. The van der Waals surface area contributed by atoms with Crippen molar-refractivity contribution in [3.63, 3.8) is 0 Å². The van der Waals surface area contributed by atoms with Crippen molar-refractivity contribution in [2.24, 2.45) is 0 Å². The molecule has 0 aliphatic carbocycles. The maximum Gasteiger partial charge on any atom is 0.337 e. The molecular formula is C8H8O6. The summed E-state index contributed by atoms with van der Waals surface area (Å²) in [7, 11) is 1.14. The molecule has 1 rings (SSSR count). The average molecular weight is 200 g/mol. The summed E-state index contributed by atoms with van der Waals surface area (Å²) in [6, 6.07) is 0. The minimum Gasteiger partial charge on any atom is -0.481 e. The number of carboxylic acids is 1. The molecule has 1 atom stereocenters. The zero-order valence-electron chi connectivity index (χ0n) is 7.35. The van der Waals surface area contributed by atoms with Crippen LogP contribution in [0, 0.1) is 0 Å². The highest BCUT2D eigenvalue weighted by Crippen LogP contribution is 2.19. The van der Waals surface area contributed by atoms with Gasteiger partial charge in [0.1, 0.15) is 6.10 Å². The van der Waals surface area contributed by atoms with Gasteiger partial charge in [0.2, 0.25) is 0 Å². The standard InChI is InChI=1S/C8H8O6/c1-13-8(12)4-2-7(11)14-5(4)3-6(9)10/h2,5H,3H2,1H3,(H,9,10). The summed E-state index contributed by atoms with van der Waals surface area (Å²) in [5.41, 5.74) is -0.0556. The third-order valence-electron chi connectivity index (χ3n) is 1.66. The molecule has 0 saturated heterocycles. The van der Waals surface area contributed by atoms with Crippen molar-refractivity contribution < 1.29 is 29.0 Å². The van der Waals surface area contributed by atoms with Crippen molar-refractivity contribution >= 4 is 17.9 Å². The van der Waals surface area contributed by atoms with Crippen LogP contribution in [0.4, 0.5) is 0 Å². The van der Waals surface area contributed by atoms with E-state index in [9.17, 15) is 14.4 Å². The number of esters is 2. The van der Waals surface area contributed by atoms with Gasteiger partial charge in [-0.1, -0.05) is 0 Å². The topological polar surface area (TPSA) is 89.9 Å². The third-order valence-corrected chi connectivity index (χ3v) is 1.66. The summed E-state index contributed by atoms with van der Waals surface area (Å²) in [6.45, 7) is 0. The number of ether oxygens (including phenoxy) is 2. The maximum absolute atomic E-state index is 11.0. The highest BCUT2D eigenvalue weighted by atomic mass is 16.6. The first-order valence-electron chi connectivity index (χ1n) is 3.77. The van der Waals surface area contributed by atoms with Gasteiger partial charge >= 0.3 is 17.9 Å². The summed E-state index contributed by atoms with van der Waals surface area (Å²) >= 11 is 0. The minimum absolute atomic E-state index is 0.0556. The Morgan fingerprint density at radius 3 is 2.79 bits per heavy atom. The highest BCUT2D eigenvalue weighted by Gasteiger charge is 2.33. The van der Waals surface area contributed by atoms with E-state index in [0.29, 0.717) is 0 Å². The van der Waals surface area contributed by atoms with Crippen molar-refractivity contribution in [3.05, 3.63) is 11.6 Å². The van der Waals surface area contributed by atoms with E-state index in [1.165, 1.54) is 0 Å². The van der Waals surface area contributed by atoms with Crippen LogP contribution < -0.4 is 0 Å². The fourth-order valence-electron chi connectivity index (χ4n) is 1.08. The molecular weight excluding hydrogens is 192 g/mol. The lowest BCUT2D eigenvalue weighted by atomic mass is 10.1. The maximum atomic E-state index is 11.0. The molecule has 0 aromatic rings. The second-order valence-electron chi connectivity index (χ2n) is 2.61. The van der Waals surface area contributed by atoms with Crippen LogP contribution in [-0.4, -0.2) is 36.2 Å². The number of carboxylic acid groups (broad SMARTS) is 1. The molecule has 0 aromatic heterocycles. The van der Waals surface area contributed by atoms with Gasteiger partial charge in [-0.15, -0.1) is 0 Å². The first-order chi connectivity index (χ1) is 6.54. The molecule has 0 radical (unpaired) electrons.